The van der Waals surface area contributed by atoms with Crippen LogP contribution in [0.2, 0.25) is 5.02 Å². The van der Waals surface area contributed by atoms with Crippen LogP contribution >= 0.6 is 11.6 Å². The smallest absolute Gasteiger partial charge is 0.262 e. The Morgan fingerprint density at radius 2 is 1.59 bits per heavy atom. The van der Waals surface area contributed by atoms with Crippen molar-refractivity contribution in [2.24, 2.45) is 0 Å². The van der Waals surface area contributed by atoms with Gasteiger partial charge in [-0.1, -0.05) is 35.9 Å². The number of halogens is 1. The van der Waals surface area contributed by atoms with Crippen molar-refractivity contribution in [2.75, 3.05) is 17.2 Å². The monoisotopic (exact) mass is 408 g/mol. The Bertz CT molecular complexity index is 1050. The Balaban J connectivity index is 1.59. The third-order valence-electron chi connectivity index (χ3n) is 4.37. The Kier molecular flexibility index (Phi) is 6.52. The fraction of sp³-hybridized carbons (Fsp3) is 0.130. The number of rotatable bonds is 6. The van der Waals surface area contributed by atoms with E-state index in [-0.39, 0.29) is 18.4 Å². The topological polar surface area (TPSA) is 67.4 Å². The highest BCUT2D eigenvalue weighted by atomic mass is 35.5. The van der Waals surface area contributed by atoms with E-state index in [0.29, 0.717) is 27.7 Å². The molecule has 0 bridgehead atoms. The standard InChI is InChI=1S/C23H21ClN2O3/c1-15-10-11-19(12-16(15)2)29-14-22(27)25-17-6-5-7-18(13-17)26-23(28)20-8-3-4-9-21(20)24/h3-13H,14H2,1-2H3,(H,25,27)(H,26,28). The van der Waals surface area contributed by atoms with Gasteiger partial charge in [0, 0.05) is 11.4 Å². The first-order chi connectivity index (χ1) is 13.9. The van der Waals surface area contributed by atoms with E-state index in [1.165, 1.54) is 0 Å². The van der Waals surface area contributed by atoms with Crippen molar-refractivity contribution in [3.05, 3.63) is 88.4 Å². The summed E-state index contributed by atoms with van der Waals surface area (Å²) in [7, 11) is 0. The quantitative estimate of drug-likeness (QED) is 0.587. The first-order valence-electron chi connectivity index (χ1n) is 9.08. The molecule has 2 amide bonds. The first kappa shape index (κ1) is 20.4. The summed E-state index contributed by atoms with van der Waals surface area (Å²) in [6.45, 7) is 3.90. The van der Waals surface area contributed by atoms with Crippen molar-refractivity contribution < 1.29 is 14.3 Å². The van der Waals surface area contributed by atoms with Gasteiger partial charge in [0.05, 0.1) is 10.6 Å². The highest BCUT2D eigenvalue weighted by Crippen LogP contribution is 2.20. The highest BCUT2D eigenvalue weighted by molar-refractivity contribution is 6.34. The maximum absolute atomic E-state index is 12.4. The van der Waals surface area contributed by atoms with E-state index < -0.39 is 0 Å². The van der Waals surface area contributed by atoms with E-state index in [2.05, 4.69) is 10.6 Å². The molecule has 3 aromatic carbocycles. The molecule has 3 aromatic rings. The van der Waals surface area contributed by atoms with Gasteiger partial charge in [-0.3, -0.25) is 9.59 Å². The fourth-order valence-electron chi connectivity index (χ4n) is 2.67. The molecule has 2 N–H and O–H groups in total. The van der Waals surface area contributed by atoms with E-state index in [9.17, 15) is 9.59 Å². The van der Waals surface area contributed by atoms with Gasteiger partial charge < -0.3 is 15.4 Å². The van der Waals surface area contributed by atoms with Crippen LogP contribution in [0.25, 0.3) is 0 Å². The van der Waals surface area contributed by atoms with Crippen LogP contribution in [0, 0.1) is 13.8 Å². The van der Waals surface area contributed by atoms with Crippen molar-refractivity contribution in [1.29, 1.82) is 0 Å². The van der Waals surface area contributed by atoms with Crippen molar-refractivity contribution in [3.8, 4) is 5.75 Å². The minimum Gasteiger partial charge on any atom is -0.484 e. The average Bonchev–Trinajstić information content (AvgIpc) is 2.69. The van der Waals surface area contributed by atoms with Gasteiger partial charge in [-0.05, 0) is 67.4 Å². The molecule has 0 fully saturated rings. The van der Waals surface area contributed by atoms with Crippen LogP contribution in [0.15, 0.2) is 66.7 Å². The Morgan fingerprint density at radius 3 is 2.31 bits per heavy atom. The van der Waals surface area contributed by atoms with Gasteiger partial charge in [0.1, 0.15) is 5.75 Å². The molecule has 29 heavy (non-hydrogen) atoms. The molecule has 0 saturated heterocycles. The zero-order chi connectivity index (χ0) is 20.8. The summed E-state index contributed by atoms with van der Waals surface area (Å²) in [4.78, 5) is 24.6. The molecule has 0 aliphatic carbocycles. The van der Waals surface area contributed by atoms with Crippen molar-refractivity contribution in [2.45, 2.75) is 13.8 Å². The summed E-state index contributed by atoms with van der Waals surface area (Å²) < 4.78 is 5.55. The summed E-state index contributed by atoms with van der Waals surface area (Å²) in [5, 5.41) is 5.91. The third-order valence-corrected chi connectivity index (χ3v) is 4.70. The number of hydrogen-bond donors (Lipinski definition) is 2. The second kappa shape index (κ2) is 9.26. The van der Waals surface area contributed by atoms with Crippen LogP contribution < -0.4 is 15.4 Å². The molecule has 148 valence electrons. The molecule has 0 aliphatic rings. The lowest BCUT2D eigenvalue weighted by Gasteiger charge is -2.11. The number of carbonyl (C=O) groups excluding carboxylic acids is 2. The van der Waals surface area contributed by atoms with Gasteiger partial charge in [-0.2, -0.15) is 0 Å². The third kappa shape index (κ3) is 5.59. The van der Waals surface area contributed by atoms with E-state index >= 15 is 0 Å². The molecule has 0 atom stereocenters. The largest absolute Gasteiger partial charge is 0.484 e. The predicted octanol–water partition coefficient (Wildman–Crippen LogP) is 5.23. The second-order valence-corrected chi connectivity index (χ2v) is 7.00. The molecule has 0 radical (unpaired) electrons. The van der Waals surface area contributed by atoms with Gasteiger partial charge in [0.25, 0.3) is 11.8 Å². The minimum absolute atomic E-state index is 0.112. The molecule has 0 heterocycles. The van der Waals surface area contributed by atoms with Crippen molar-refractivity contribution >= 4 is 34.8 Å². The number of aryl methyl sites for hydroxylation is 2. The zero-order valence-corrected chi connectivity index (χ0v) is 16.9. The maximum atomic E-state index is 12.4. The molecule has 5 nitrogen and oxygen atoms in total. The summed E-state index contributed by atoms with van der Waals surface area (Å²) in [6.07, 6.45) is 0. The maximum Gasteiger partial charge on any atom is 0.262 e. The molecule has 3 rings (SSSR count). The molecule has 0 spiro atoms. The summed E-state index contributed by atoms with van der Waals surface area (Å²) in [5.41, 5.74) is 3.74. The number of hydrogen-bond acceptors (Lipinski definition) is 3. The first-order valence-corrected chi connectivity index (χ1v) is 9.46. The van der Waals surface area contributed by atoms with E-state index in [1.807, 2.05) is 32.0 Å². The highest BCUT2D eigenvalue weighted by Gasteiger charge is 2.11. The predicted molar refractivity (Wildman–Crippen MR) is 116 cm³/mol. The van der Waals surface area contributed by atoms with Crippen LogP contribution in [0.3, 0.4) is 0 Å². The summed E-state index contributed by atoms with van der Waals surface area (Å²) >= 11 is 6.06. The number of ether oxygens (including phenoxy) is 1. The van der Waals surface area contributed by atoms with Crippen LogP contribution in [0.5, 0.6) is 5.75 Å². The van der Waals surface area contributed by atoms with Gasteiger partial charge in [0.15, 0.2) is 6.61 Å². The van der Waals surface area contributed by atoms with Gasteiger partial charge >= 0.3 is 0 Å². The van der Waals surface area contributed by atoms with E-state index in [4.69, 9.17) is 16.3 Å². The lowest BCUT2D eigenvalue weighted by molar-refractivity contribution is -0.118. The summed E-state index contributed by atoms with van der Waals surface area (Å²) in [6, 6.07) is 19.4. The van der Waals surface area contributed by atoms with Crippen LogP contribution in [0.1, 0.15) is 21.5 Å². The Labute approximate surface area is 174 Å². The fourth-order valence-corrected chi connectivity index (χ4v) is 2.89. The number of benzene rings is 3. The Morgan fingerprint density at radius 1 is 0.862 bits per heavy atom. The van der Waals surface area contributed by atoms with Crippen LogP contribution in [0.4, 0.5) is 11.4 Å². The number of amides is 2. The Hall–Kier alpha value is -3.31. The molecule has 6 heteroatoms. The molecular weight excluding hydrogens is 388 g/mol. The number of anilines is 2. The van der Waals surface area contributed by atoms with E-state index in [0.717, 1.165) is 11.1 Å². The summed E-state index contributed by atoms with van der Waals surface area (Å²) in [5.74, 6) is 0.0268. The van der Waals surface area contributed by atoms with Crippen LogP contribution in [-0.2, 0) is 4.79 Å². The second-order valence-electron chi connectivity index (χ2n) is 6.60. The van der Waals surface area contributed by atoms with Gasteiger partial charge in [-0.15, -0.1) is 0 Å². The van der Waals surface area contributed by atoms with Crippen molar-refractivity contribution in [3.63, 3.8) is 0 Å². The molecule has 0 aliphatic heterocycles. The number of carbonyl (C=O) groups is 2. The van der Waals surface area contributed by atoms with Crippen LogP contribution in [-0.4, -0.2) is 18.4 Å². The lowest BCUT2D eigenvalue weighted by atomic mass is 10.1. The molecule has 0 aromatic heterocycles. The normalized spacial score (nSPS) is 10.3. The number of nitrogens with one attached hydrogen (secondary N) is 2. The van der Waals surface area contributed by atoms with Gasteiger partial charge in [0.2, 0.25) is 0 Å². The molecule has 0 saturated carbocycles. The van der Waals surface area contributed by atoms with Crippen molar-refractivity contribution in [1.82, 2.24) is 0 Å². The molecule has 0 unspecified atom stereocenters. The minimum atomic E-state index is -0.322. The molecular formula is C23H21ClN2O3. The lowest BCUT2D eigenvalue weighted by Crippen LogP contribution is -2.20. The SMILES string of the molecule is Cc1ccc(OCC(=O)Nc2cccc(NC(=O)c3ccccc3Cl)c2)cc1C. The van der Waals surface area contributed by atoms with E-state index in [1.54, 1.807) is 48.5 Å². The average molecular weight is 409 g/mol. The zero-order valence-electron chi connectivity index (χ0n) is 16.2. The van der Waals surface area contributed by atoms with Gasteiger partial charge in [-0.25, -0.2) is 0 Å².